The lowest BCUT2D eigenvalue weighted by Gasteiger charge is -2.36. The first-order valence-electron chi connectivity index (χ1n) is 7.41. The Balaban J connectivity index is 1.83. The maximum Gasteiger partial charge on any atom is 0.252 e. The Labute approximate surface area is 134 Å². The molecular formula is C16H20N4OS. The number of hydrogen-bond donors (Lipinski definition) is 2. The molecule has 5 nitrogen and oxygen atoms in total. The number of carbonyl (C=O) groups is 1. The molecule has 0 aliphatic carbocycles. The van der Waals surface area contributed by atoms with E-state index >= 15 is 0 Å². The van der Waals surface area contributed by atoms with Crippen LogP contribution in [0.2, 0.25) is 0 Å². The maximum absolute atomic E-state index is 12.9. The van der Waals surface area contributed by atoms with Crippen molar-refractivity contribution in [3.63, 3.8) is 0 Å². The molecule has 1 aromatic heterocycles. The monoisotopic (exact) mass is 316 g/mol. The molecule has 3 rings (SSSR count). The summed E-state index contributed by atoms with van der Waals surface area (Å²) < 4.78 is 1.80. The molecule has 1 aliphatic heterocycles. The van der Waals surface area contributed by atoms with Crippen molar-refractivity contribution in [1.82, 2.24) is 15.1 Å². The van der Waals surface area contributed by atoms with Crippen LogP contribution in [0.4, 0.5) is 5.69 Å². The van der Waals surface area contributed by atoms with Crippen LogP contribution in [0.15, 0.2) is 47.6 Å². The van der Waals surface area contributed by atoms with Gasteiger partial charge < -0.3 is 10.6 Å². The van der Waals surface area contributed by atoms with E-state index in [0.717, 1.165) is 31.6 Å². The lowest BCUT2D eigenvalue weighted by Crippen LogP contribution is -2.52. The van der Waals surface area contributed by atoms with Gasteiger partial charge in [-0.2, -0.15) is 5.10 Å². The number of carbonyl (C=O) groups excluding carboxylic acids is 1. The van der Waals surface area contributed by atoms with Crippen LogP contribution in [-0.4, -0.2) is 35.0 Å². The SMILES string of the molecule is CSc1ccc(NC(=O)C2(n3cccn3)CCNCC2)cc1. The molecule has 1 saturated heterocycles. The third kappa shape index (κ3) is 2.89. The van der Waals surface area contributed by atoms with Gasteiger partial charge >= 0.3 is 0 Å². The molecule has 0 radical (unpaired) electrons. The van der Waals surface area contributed by atoms with Crippen LogP contribution < -0.4 is 10.6 Å². The highest BCUT2D eigenvalue weighted by Crippen LogP contribution is 2.29. The van der Waals surface area contributed by atoms with Gasteiger partial charge in [-0.1, -0.05) is 0 Å². The van der Waals surface area contributed by atoms with E-state index in [1.165, 1.54) is 4.90 Å². The minimum absolute atomic E-state index is 0.00889. The first kappa shape index (κ1) is 15.1. The highest BCUT2D eigenvalue weighted by atomic mass is 32.2. The topological polar surface area (TPSA) is 59.0 Å². The lowest BCUT2D eigenvalue weighted by atomic mass is 9.87. The number of rotatable bonds is 4. The van der Waals surface area contributed by atoms with Crippen LogP contribution in [-0.2, 0) is 10.3 Å². The van der Waals surface area contributed by atoms with Crippen molar-refractivity contribution in [2.24, 2.45) is 0 Å². The summed E-state index contributed by atoms with van der Waals surface area (Å²) in [5.74, 6) is 0.00889. The number of anilines is 1. The van der Waals surface area contributed by atoms with Crippen LogP contribution >= 0.6 is 11.8 Å². The molecule has 1 aromatic carbocycles. The highest BCUT2D eigenvalue weighted by Gasteiger charge is 2.41. The average molecular weight is 316 g/mol. The summed E-state index contributed by atoms with van der Waals surface area (Å²) in [4.78, 5) is 14.1. The molecule has 0 bridgehead atoms. The van der Waals surface area contributed by atoms with E-state index < -0.39 is 5.54 Å². The fourth-order valence-corrected chi connectivity index (χ4v) is 3.25. The molecule has 2 heterocycles. The Hall–Kier alpha value is -1.79. The van der Waals surface area contributed by atoms with Crippen molar-refractivity contribution in [2.75, 3.05) is 24.7 Å². The number of amides is 1. The minimum atomic E-state index is -0.604. The fraction of sp³-hybridized carbons (Fsp3) is 0.375. The Kier molecular flexibility index (Phi) is 4.49. The van der Waals surface area contributed by atoms with E-state index in [1.54, 1.807) is 22.6 Å². The summed E-state index contributed by atoms with van der Waals surface area (Å²) in [6.45, 7) is 1.64. The third-order valence-corrected chi connectivity index (χ3v) is 4.89. The summed E-state index contributed by atoms with van der Waals surface area (Å²) in [5, 5.41) is 10.7. The predicted molar refractivity (Wildman–Crippen MR) is 89.2 cm³/mol. The second kappa shape index (κ2) is 6.54. The number of benzene rings is 1. The second-order valence-electron chi connectivity index (χ2n) is 5.41. The van der Waals surface area contributed by atoms with Crippen molar-refractivity contribution < 1.29 is 4.79 Å². The fourth-order valence-electron chi connectivity index (χ4n) is 2.84. The minimum Gasteiger partial charge on any atom is -0.324 e. The molecule has 1 fully saturated rings. The normalized spacial score (nSPS) is 17.1. The Morgan fingerprint density at radius 1 is 1.32 bits per heavy atom. The van der Waals surface area contributed by atoms with Gasteiger partial charge in [-0.05, 0) is 62.5 Å². The lowest BCUT2D eigenvalue weighted by molar-refractivity contribution is -0.126. The van der Waals surface area contributed by atoms with Gasteiger partial charge in [0.15, 0.2) is 0 Å². The van der Waals surface area contributed by atoms with Crippen molar-refractivity contribution in [3.8, 4) is 0 Å². The molecule has 1 aliphatic rings. The van der Waals surface area contributed by atoms with Crippen molar-refractivity contribution in [3.05, 3.63) is 42.7 Å². The highest BCUT2D eigenvalue weighted by molar-refractivity contribution is 7.98. The van der Waals surface area contributed by atoms with E-state index in [1.807, 2.05) is 42.8 Å². The van der Waals surface area contributed by atoms with Crippen LogP contribution in [0, 0.1) is 0 Å². The summed E-state index contributed by atoms with van der Waals surface area (Å²) in [6.07, 6.45) is 7.12. The summed E-state index contributed by atoms with van der Waals surface area (Å²) in [5.41, 5.74) is 0.222. The van der Waals surface area contributed by atoms with Gasteiger partial charge in [-0.25, -0.2) is 0 Å². The summed E-state index contributed by atoms with van der Waals surface area (Å²) in [7, 11) is 0. The number of thioether (sulfide) groups is 1. The molecule has 0 spiro atoms. The number of nitrogens with zero attached hydrogens (tertiary/aromatic N) is 2. The zero-order valence-corrected chi connectivity index (χ0v) is 13.4. The number of hydrogen-bond acceptors (Lipinski definition) is 4. The summed E-state index contributed by atoms with van der Waals surface area (Å²) in [6, 6.07) is 9.79. The standard InChI is InChI=1S/C16H20N4OS/c1-22-14-5-3-13(4-6-14)19-15(21)16(7-10-17-11-8-16)20-12-2-9-18-20/h2-6,9,12,17H,7-8,10-11H2,1H3,(H,19,21). The number of nitrogens with one attached hydrogen (secondary N) is 2. The Morgan fingerprint density at radius 2 is 2.05 bits per heavy atom. The Morgan fingerprint density at radius 3 is 2.64 bits per heavy atom. The molecule has 116 valence electrons. The first-order chi connectivity index (χ1) is 10.7. The van der Waals surface area contributed by atoms with Gasteiger partial charge in [0.2, 0.25) is 0 Å². The first-order valence-corrected chi connectivity index (χ1v) is 8.63. The van der Waals surface area contributed by atoms with E-state index in [-0.39, 0.29) is 5.91 Å². The van der Waals surface area contributed by atoms with Gasteiger partial charge in [0.25, 0.3) is 5.91 Å². The average Bonchev–Trinajstić information content (AvgIpc) is 3.11. The molecule has 0 saturated carbocycles. The van der Waals surface area contributed by atoms with Gasteiger partial charge in [0, 0.05) is 23.0 Å². The molecule has 2 N–H and O–H groups in total. The van der Waals surface area contributed by atoms with Crippen molar-refractivity contribution >= 4 is 23.4 Å². The maximum atomic E-state index is 12.9. The zero-order valence-electron chi connectivity index (χ0n) is 12.6. The molecule has 6 heteroatoms. The van der Waals surface area contributed by atoms with Crippen LogP contribution in [0.3, 0.4) is 0 Å². The van der Waals surface area contributed by atoms with Gasteiger partial charge in [0.05, 0.1) is 0 Å². The molecular weight excluding hydrogens is 296 g/mol. The summed E-state index contributed by atoms with van der Waals surface area (Å²) >= 11 is 1.69. The van der Waals surface area contributed by atoms with E-state index in [2.05, 4.69) is 15.7 Å². The largest absolute Gasteiger partial charge is 0.324 e. The molecule has 1 amide bonds. The van der Waals surface area contributed by atoms with E-state index in [9.17, 15) is 4.79 Å². The molecule has 0 unspecified atom stereocenters. The van der Waals surface area contributed by atoms with Crippen LogP contribution in [0.1, 0.15) is 12.8 Å². The quantitative estimate of drug-likeness (QED) is 0.850. The van der Waals surface area contributed by atoms with Crippen molar-refractivity contribution in [1.29, 1.82) is 0 Å². The second-order valence-corrected chi connectivity index (χ2v) is 6.29. The smallest absolute Gasteiger partial charge is 0.252 e. The number of aromatic nitrogens is 2. The van der Waals surface area contributed by atoms with Crippen LogP contribution in [0.5, 0.6) is 0 Å². The van der Waals surface area contributed by atoms with Crippen LogP contribution in [0.25, 0.3) is 0 Å². The molecule has 2 aromatic rings. The molecule has 0 atom stereocenters. The third-order valence-electron chi connectivity index (χ3n) is 4.14. The molecule has 22 heavy (non-hydrogen) atoms. The van der Waals surface area contributed by atoms with Gasteiger partial charge in [-0.15, -0.1) is 11.8 Å². The number of piperidine rings is 1. The van der Waals surface area contributed by atoms with E-state index in [4.69, 9.17) is 0 Å². The predicted octanol–water partition coefficient (Wildman–Crippen LogP) is 2.32. The van der Waals surface area contributed by atoms with Gasteiger partial charge in [-0.3, -0.25) is 9.48 Å². The Bertz CT molecular complexity index is 618. The van der Waals surface area contributed by atoms with E-state index in [0.29, 0.717) is 0 Å². The van der Waals surface area contributed by atoms with Gasteiger partial charge in [0.1, 0.15) is 5.54 Å². The van der Waals surface area contributed by atoms with Crippen molar-refractivity contribution in [2.45, 2.75) is 23.3 Å². The zero-order chi connectivity index (χ0) is 15.4.